The minimum absolute atomic E-state index is 0.526. The number of thiocarbonyl (C=S) groups is 2. The summed E-state index contributed by atoms with van der Waals surface area (Å²) >= 11 is 10.5. The molecule has 2 saturated heterocycles. The van der Waals surface area contributed by atoms with Gasteiger partial charge in [-0.25, -0.2) is 0 Å². The monoisotopic (exact) mass is 426 g/mol. The molecule has 2 fully saturated rings. The molecule has 2 rings (SSSR count). The Balaban J connectivity index is 1.58. The molecular formula is C18H34N8S2. The largest absolute Gasteiger partial charge is 0.360 e. The summed E-state index contributed by atoms with van der Waals surface area (Å²) in [5, 5.41) is 16.0. The minimum atomic E-state index is 0.526. The van der Waals surface area contributed by atoms with Crippen molar-refractivity contribution in [3.8, 4) is 0 Å². The fourth-order valence-electron chi connectivity index (χ4n) is 3.18. The molecule has 10 heteroatoms. The van der Waals surface area contributed by atoms with Crippen LogP contribution >= 0.6 is 24.4 Å². The number of hydrogen-bond acceptors (Lipinski definition) is 6. The van der Waals surface area contributed by atoms with Crippen LogP contribution in [0.25, 0.3) is 0 Å². The Bertz CT molecular complexity index is 516. The first kappa shape index (κ1) is 22.9. The summed E-state index contributed by atoms with van der Waals surface area (Å²) in [7, 11) is 0. The van der Waals surface area contributed by atoms with Crippen LogP contribution in [-0.4, -0.2) is 83.8 Å². The van der Waals surface area contributed by atoms with Gasteiger partial charge in [-0.15, -0.1) is 0 Å². The molecule has 28 heavy (non-hydrogen) atoms. The maximum absolute atomic E-state index is 5.26. The van der Waals surface area contributed by atoms with E-state index in [-0.39, 0.29) is 0 Å². The van der Waals surface area contributed by atoms with E-state index in [0.717, 1.165) is 37.6 Å². The van der Waals surface area contributed by atoms with E-state index in [9.17, 15) is 0 Å². The number of hydrazone groups is 2. The van der Waals surface area contributed by atoms with Crippen LogP contribution in [0.3, 0.4) is 0 Å². The molecule has 2 aliphatic heterocycles. The zero-order valence-electron chi connectivity index (χ0n) is 17.1. The molecule has 158 valence electrons. The van der Waals surface area contributed by atoms with Crippen LogP contribution in [0.1, 0.15) is 39.5 Å². The van der Waals surface area contributed by atoms with Crippen LogP contribution in [-0.2, 0) is 0 Å². The highest BCUT2D eigenvalue weighted by Gasteiger charge is 2.11. The molecule has 0 unspecified atom stereocenters. The van der Waals surface area contributed by atoms with Crippen LogP contribution in [0.5, 0.6) is 0 Å². The molecule has 4 N–H and O–H groups in total. The van der Waals surface area contributed by atoms with Crippen LogP contribution < -0.4 is 21.5 Å². The van der Waals surface area contributed by atoms with E-state index in [0.29, 0.717) is 10.2 Å². The predicted octanol–water partition coefficient (Wildman–Crippen LogP) is 0.858. The van der Waals surface area contributed by atoms with Gasteiger partial charge in [0.1, 0.15) is 0 Å². The molecule has 8 nitrogen and oxygen atoms in total. The van der Waals surface area contributed by atoms with E-state index in [1.54, 1.807) is 0 Å². The van der Waals surface area contributed by atoms with Gasteiger partial charge < -0.3 is 20.4 Å². The number of nitrogens with one attached hydrogen (secondary N) is 4. The smallest absolute Gasteiger partial charge is 0.187 e. The number of rotatable bonds is 9. The van der Waals surface area contributed by atoms with Crippen molar-refractivity contribution >= 4 is 46.1 Å². The van der Waals surface area contributed by atoms with Gasteiger partial charge in [0.15, 0.2) is 10.2 Å². The lowest BCUT2D eigenvalue weighted by Gasteiger charge is -2.15. The maximum atomic E-state index is 5.26. The summed E-state index contributed by atoms with van der Waals surface area (Å²) in [6, 6.07) is 0. The average Bonchev–Trinajstić information content (AvgIpc) is 3.38. The molecule has 0 aliphatic carbocycles. The van der Waals surface area contributed by atoms with Gasteiger partial charge in [-0.05, 0) is 90.1 Å². The first-order valence-electron chi connectivity index (χ1n) is 10.2. The molecule has 0 aromatic carbocycles. The lowest BCUT2D eigenvalue weighted by molar-refractivity contribution is 0.343. The Hall–Kier alpha value is -1.36. The quantitative estimate of drug-likeness (QED) is 0.246. The van der Waals surface area contributed by atoms with Crippen molar-refractivity contribution < 1.29 is 0 Å². The van der Waals surface area contributed by atoms with Crippen molar-refractivity contribution in [3.05, 3.63) is 0 Å². The first-order chi connectivity index (χ1) is 13.5. The average molecular weight is 427 g/mol. The van der Waals surface area contributed by atoms with Crippen LogP contribution in [0.4, 0.5) is 0 Å². The Morgan fingerprint density at radius 3 is 1.43 bits per heavy atom. The summed E-state index contributed by atoms with van der Waals surface area (Å²) in [4.78, 5) is 4.88. The van der Waals surface area contributed by atoms with Crippen LogP contribution in [0.15, 0.2) is 10.2 Å². The summed E-state index contributed by atoms with van der Waals surface area (Å²) in [5.74, 6) is 0. The van der Waals surface area contributed by atoms with E-state index in [2.05, 4.69) is 41.5 Å². The van der Waals surface area contributed by atoms with Gasteiger partial charge in [0.2, 0.25) is 0 Å². The molecule has 2 aliphatic rings. The standard InChI is InChI=1S/C18H34N8S2/c1-15(21-23-17(27)19-7-13-25-9-3-4-10-25)16(2)22-24-18(28)20-8-14-26-11-5-6-12-26/h3-14H2,1-2H3,(H2,19,23,27)(H2,20,24,28)/b21-15-,22-16-. The third-order valence-corrected chi connectivity index (χ3v) is 5.47. The topological polar surface area (TPSA) is 79.3 Å². The zero-order chi connectivity index (χ0) is 20.2. The van der Waals surface area contributed by atoms with Gasteiger partial charge >= 0.3 is 0 Å². The third-order valence-electron chi connectivity index (χ3n) is 5.00. The third kappa shape index (κ3) is 9.22. The summed E-state index contributed by atoms with van der Waals surface area (Å²) < 4.78 is 0. The fraction of sp³-hybridized carbons (Fsp3) is 0.778. The van der Waals surface area contributed by atoms with E-state index in [1.165, 1.54) is 51.9 Å². The highest BCUT2D eigenvalue weighted by molar-refractivity contribution is 7.80. The van der Waals surface area contributed by atoms with Gasteiger partial charge in [-0.3, -0.25) is 10.9 Å². The number of nitrogens with zero attached hydrogens (tertiary/aromatic N) is 4. The van der Waals surface area contributed by atoms with Crippen molar-refractivity contribution in [2.75, 3.05) is 52.4 Å². The van der Waals surface area contributed by atoms with E-state index < -0.39 is 0 Å². The molecule has 0 atom stereocenters. The van der Waals surface area contributed by atoms with Crippen LogP contribution in [0, 0.1) is 0 Å². The molecule has 0 aromatic rings. The molecule has 0 bridgehead atoms. The van der Waals surface area contributed by atoms with E-state index >= 15 is 0 Å². The molecule has 2 heterocycles. The van der Waals surface area contributed by atoms with Gasteiger partial charge in [0.25, 0.3) is 0 Å². The Kier molecular flexibility index (Phi) is 10.6. The number of hydrogen-bond donors (Lipinski definition) is 4. The lowest BCUT2D eigenvalue weighted by Crippen LogP contribution is -2.39. The van der Waals surface area contributed by atoms with Gasteiger partial charge in [-0.2, -0.15) is 10.2 Å². The second kappa shape index (κ2) is 13.0. The maximum Gasteiger partial charge on any atom is 0.187 e. The predicted molar refractivity (Wildman–Crippen MR) is 125 cm³/mol. The zero-order valence-corrected chi connectivity index (χ0v) is 18.7. The molecule has 0 saturated carbocycles. The second-order valence-corrected chi connectivity index (χ2v) is 8.04. The lowest BCUT2D eigenvalue weighted by atomic mass is 10.3. The molecule has 0 aromatic heterocycles. The van der Waals surface area contributed by atoms with Gasteiger partial charge in [0.05, 0.1) is 11.4 Å². The van der Waals surface area contributed by atoms with Crippen molar-refractivity contribution in [2.24, 2.45) is 10.2 Å². The van der Waals surface area contributed by atoms with Crippen LogP contribution in [0.2, 0.25) is 0 Å². The summed E-state index contributed by atoms with van der Waals surface area (Å²) in [5.41, 5.74) is 7.23. The fourth-order valence-corrected chi connectivity index (χ4v) is 3.47. The second-order valence-electron chi connectivity index (χ2n) is 7.23. The SMILES string of the molecule is CC(=N/NC(=S)NCCN1CCCC1)/C(C)=N\NC(=S)NCCN1CCCC1. The highest BCUT2D eigenvalue weighted by Crippen LogP contribution is 2.06. The summed E-state index contributed by atoms with van der Waals surface area (Å²) in [6.45, 7) is 12.2. The Morgan fingerprint density at radius 2 is 1.07 bits per heavy atom. The summed E-state index contributed by atoms with van der Waals surface area (Å²) in [6.07, 6.45) is 5.21. The molecule has 0 spiro atoms. The number of likely N-dealkylation sites (tertiary alicyclic amines) is 2. The van der Waals surface area contributed by atoms with Crippen molar-refractivity contribution in [3.63, 3.8) is 0 Å². The minimum Gasteiger partial charge on any atom is -0.360 e. The van der Waals surface area contributed by atoms with Gasteiger partial charge in [-0.1, -0.05) is 0 Å². The van der Waals surface area contributed by atoms with Gasteiger partial charge in [0, 0.05) is 26.2 Å². The normalized spacial score (nSPS) is 18.9. The first-order valence-corrected chi connectivity index (χ1v) is 11.0. The van der Waals surface area contributed by atoms with Crippen molar-refractivity contribution in [2.45, 2.75) is 39.5 Å². The molecular weight excluding hydrogens is 392 g/mol. The Morgan fingerprint density at radius 1 is 0.714 bits per heavy atom. The van der Waals surface area contributed by atoms with Crippen molar-refractivity contribution in [1.82, 2.24) is 31.3 Å². The van der Waals surface area contributed by atoms with E-state index in [1.807, 2.05) is 13.8 Å². The van der Waals surface area contributed by atoms with Crippen molar-refractivity contribution in [1.29, 1.82) is 0 Å². The Labute approximate surface area is 179 Å². The molecule has 0 amide bonds. The van der Waals surface area contributed by atoms with E-state index in [4.69, 9.17) is 24.4 Å². The molecule has 0 radical (unpaired) electrons. The highest BCUT2D eigenvalue weighted by atomic mass is 32.1.